The lowest BCUT2D eigenvalue weighted by Gasteiger charge is -2.15. The van der Waals surface area contributed by atoms with Crippen LogP contribution in [0.1, 0.15) is 32.8 Å². The average molecular weight is 294 g/mol. The molecule has 1 aromatic carbocycles. The molecule has 1 aromatic rings. The topological polar surface area (TPSA) is 70.6 Å². The van der Waals surface area contributed by atoms with Crippen LogP contribution in [0.5, 0.6) is 5.75 Å². The number of benzene rings is 1. The van der Waals surface area contributed by atoms with Crippen LogP contribution < -0.4 is 15.4 Å². The first-order chi connectivity index (χ1) is 10.0. The standard InChI is InChI=1S/C16H26N2O3/c1-4-21-15-8-6-5-7-13(15)11-18-16(20)17-10-9-14(19)12(2)3/h5-8,12,14,19H,4,9-11H2,1-3H3,(H2,17,18,20). The van der Waals surface area contributed by atoms with Crippen LogP contribution in [0.3, 0.4) is 0 Å². The van der Waals surface area contributed by atoms with E-state index in [1.165, 1.54) is 0 Å². The van der Waals surface area contributed by atoms with Gasteiger partial charge >= 0.3 is 6.03 Å². The lowest BCUT2D eigenvalue weighted by Crippen LogP contribution is -2.37. The predicted octanol–water partition coefficient (Wildman–Crippen LogP) is 2.29. The first-order valence-electron chi connectivity index (χ1n) is 7.45. The highest BCUT2D eigenvalue weighted by atomic mass is 16.5. The number of aliphatic hydroxyl groups is 1. The summed E-state index contributed by atoms with van der Waals surface area (Å²) in [6.45, 7) is 7.30. The van der Waals surface area contributed by atoms with Crippen molar-refractivity contribution in [1.82, 2.24) is 10.6 Å². The molecule has 1 atom stereocenters. The van der Waals surface area contributed by atoms with Crippen molar-refractivity contribution in [3.05, 3.63) is 29.8 Å². The third kappa shape index (κ3) is 6.49. The number of urea groups is 1. The van der Waals surface area contributed by atoms with Gasteiger partial charge in [0, 0.05) is 18.7 Å². The molecule has 0 heterocycles. The van der Waals surface area contributed by atoms with Crippen LogP contribution in [0.4, 0.5) is 4.79 Å². The van der Waals surface area contributed by atoms with E-state index in [9.17, 15) is 9.90 Å². The molecule has 3 N–H and O–H groups in total. The van der Waals surface area contributed by atoms with Crippen LogP contribution in [-0.4, -0.2) is 30.4 Å². The van der Waals surface area contributed by atoms with Gasteiger partial charge in [0.15, 0.2) is 0 Å². The maximum absolute atomic E-state index is 11.7. The number of amides is 2. The summed E-state index contributed by atoms with van der Waals surface area (Å²) in [5.74, 6) is 0.989. The summed E-state index contributed by atoms with van der Waals surface area (Å²) < 4.78 is 5.50. The monoisotopic (exact) mass is 294 g/mol. The Bertz CT molecular complexity index is 435. The minimum absolute atomic E-state index is 0.202. The van der Waals surface area contributed by atoms with Gasteiger partial charge in [-0.2, -0.15) is 0 Å². The number of ether oxygens (including phenoxy) is 1. The third-order valence-corrected chi connectivity index (χ3v) is 3.21. The second-order valence-electron chi connectivity index (χ2n) is 5.25. The Hall–Kier alpha value is -1.75. The molecular formula is C16H26N2O3. The summed E-state index contributed by atoms with van der Waals surface area (Å²) in [5, 5.41) is 15.2. The molecular weight excluding hydrogens is 268 g/mol. The van der Waals surface area contributed by atoms with Crippen LogP contribution in [0.25, 0.3) is 0 Å². The summed E-state index contributed by atoms with van der Waals surface area (Å²) in [7, 11) is 0. The van der Waals surface area contributed by atoms with Crippen molar-refractivity contribution in [2.45, 2.75) is 39.8 Å². The lowest BCUT2D eigenvalue weighted by atomic mass is 10.0. The van der Waals surface area contributed by atoms with Crippen LogP contribution in [0.15, 0.2) is 24.3 Å². The van der Waals surface area contributed by atoms with E-state index in [1.54, 1.807) is 0 Å². The molecule has 118 valence electrons. The number of rotatable bonds is 8. The zero-order valence-electron chi connectivity index (χ0n) is 13.1. The Morgan fingerprint density at radius 3 is 2.67 bits per heavy atom. The zero-order chi connectivity index (χ0) is 15.7. The van der Waals surface area contributed by atoms with E-state index < -0.39 is 0 Å². The molecule has 0 spiro atoms. The van der Waals surface area contributed by atoms with Gasteiger partial charge in [0.2, 0.25) is 0 Å². The van der Waals surface area contributed by atoms with Gasteiger partial charge in [-0.3, -0.25) is 0 Å². The van der Waals surface area contributed by atoms with Gasteiger partial charge in [0.05, 0.1) is 12.7 Å². The minimum Gasteiger partial charge on any atom is -0.494 e. The van der Waals surface area contributed by atoms with E-state index in [0.29, 0.717) is 26.1 Å². The Morgan fingerprint density at radius 2 is 2.00 bits per heavy atom. The second kappa shape index (κ2) is 9.23. The average Bonchev–Trinajstić information content (AvgIpc) is 2.46. The van der Waals surface area contributed by atoms with Gasteiger partial charge < -0.3 is 20.5 Å². The molecule has 1 rings (SSSR count). The van der Waals surface area contributed by atoms with E-state index in [4.69, 9.17) is 4.74 Å². The number of nitrogens with one attached hydrogen (secondary N) is 2. The van der Waals surface area contributed by atoms with Gasteiger partial charge in [-0.05, 0) is 25.3 Å². The fraction of sp³-hybridized carbons (Fsp3) is 0.562. The van der Waals surface area contributed by atoms with Crippen molar-refractivity contribution in [2.24, 2.45) is 5.92 Å². The van der Waals surface area contributed by atoms with E-state index >= 15 is 0 Å². The Kier molecular flexibility index (Phi) is 7.61. The number of carbonyl (C=O) groups excluding carboxylic acids is 1. The summed E-state index contributed by atoms with van der Waals surface area (Å²) in [6.07, 6.45) is 0.171. The van der Waals surface area contributed by atoms with E-state index in [0.717, 1.165) is 11.3 Å². The van der Waals surface area contributed by atoms with Gasteiger partial charge in [-0.15, -0.1) is 0 Å². The Balaban J connectivity index is 2.33. The first kappa shape index (κ1) is 17.3. The lowest BCUT2D eigenvalue weighted by molar-refractivity contribution is 0.116. The second-order valence-corrected chi connectivity index (χ2v) is 5.25. The van der Waals surface area contributed by atoms with Gasteiger partial charge in [-0.1, -0.05) is 32.0 Å². The van der Waals surface area contributed by atoms with Crippen LogP contribution >= 0.6 is 0 Å². The highest BCUT2D eigenvalue weighted by Crippen LogP contribution is 2.17. The van der Waals surface area contributed by atoms with E-state index in [2.05, 4.69) is 10.6 Å². The smallest absolute Gasteiger partial charge is 0.315 e. The van der Waals surface area contributed by atoms with E-state index in [-0.39, 0.29) is 18.1 Å². The molecule has 0 saturated heterocycles. The van der Waals surface area contributed by atoms with Crippen molar-refractivity contribution < 1.29 is 14.6 Å². The number of para-hydroxylation sites is 1. The number of hydrogen-bond acceptors (Lipinski definition) is 3. The minimum atomic E-state index is -0.385. The Morgan fingerprint density at radius 1 is 1.29 bits per heavy atom. The van der Waals surface area contributed by atoms with Crippen molar-refractivity contribution in [3.8, 4) is 5.75 Å². The largest absolute Gasteiger partial charge is 0.494 e. The number of hydrogen-bond donors (Lipinski definition) is 3. The summed E-state index contributed by atoms with van der Waals surface area (Å²) in [5.41, 5.74) is 0.941. The predicted molar refractivity (Wildman–Crippen MR) is 83.3 cm³/mol. The maximum Gasteiger partial charge on any atom is 0.315 e. The molecule has 0 fully saturated rings. The molecule has 0 aromatic heterocycles. The molecule has 0 saturated carbocycles. The number of aliphatic hydroxyl groups excluding tert-OH is 1. The van der Waals surface area contributed by atoms with Crippen molar-refractivity contribution in [3.63, 3.8) is 0 Å². The molecule has 0 radical (unpaired) electrons. The van der Waals surface area contributed by atoms with Gasteiger partial charge in [-0.25, -0.2) is 4.79 Å². The molecule has 0 aliphatic heterocycles. The fourth-order valence-electron chi connectivity index (χ4n) is 1.85. The molecule has 5 nitrogen and oxygen atoms in total. The van der Waals surface area contributed by atoms with Crippen molar-refractivity contribution in [2.75, 3.05) is 13.2 Å². The van der Waals surface area contributed by atoms with Crippen LogP contribution in [-0.2, 0) is 6.54 Å². The summed E-state index contributed by atoms with van der Waals surface area (Å²) in [4.78, 5) is 11.7. The highest BCUT2D eigenvalue weighted by Gasteiger charge is 2.09. The molecule has 1 unspecified atom stereocenters. The van der Waals surface area contributed by atoms with Crippen LogP contribution in [0.2, 0.25) is 0 Å². The highest BCUT2D eigenvalue weighted by molar-refractivity contribution is 5.73. The fourth-order valence-corrected chi connectivity index (χ4v) is 1.85. The van der Waals surface area contributed by atoms with Crippen molar-refractivity contribution >= 4 is 6.03 Å². The SMILES string of the molecule is CCOc1ccccc1CNC(=O)NCCC(O)C(C)C. The quantitative estimate of drug-likeness (QED) is 0.689. The molecule has 21 heavy (non-hydrogen) atoms. The maximum atomic E-state index is 11.7. The third-order valence-electron chi connectivity index (χ3n) is 3.21. The summed E-state index contributed by atoms with van der Waals surface area (Å²) >= 11 is 0. The molecule has 5 heteroatoms. The van der Waals surface area contributed by atoms with Crippen molar-refractivity contribution in [1.29, 1.82) is 0 Å². The summed E-state index contributed by atoms with van der Waals surface area (Å²) in [6, 6.07) is 7.39. The van der Waals surface area contributed by atoms with Gasteiger partial charge in [0.1, 0.15) is 5.75 Å². The molecule has 0 aliphatic carbocycles. The Labute approximate surface area is 126 Å². The van der Waals surface area contributed by atoms with Gasteiger partial charge in [0.25, 0.3) is 0 Å². The molecule has 2 amide bonds. The molecule has 0 aliphatic rings. The van der Waals surface area contributed by atoms with E-state index in [1.807, 2.05) is 45.0 Å². The number of carbonyl (C=O) groups is 1. The zero-order valence-corrected chi connectivity index (χ0v) is 13.1. The molecule has 0 bridgehead atoms. The first-order valence-corrected chi connectivity index (χ1v) is 7.45. The van der Waals surface area contributed by atoms with Crippen LogP contribution in [0, 0.1) is 5.92 Å². The normalized spacial score (nSPS) is 12.0.